The van der Waals surface area contributed by atoms with Crippen molar-refractivity contribution in [1.29, 1.82) is 0 Å². The largest absolute Gasteiger partial charge is 0.497 e. The Hall–Kier alpha value is -5.08. The van der Waals surface area contributed by atoms with Gasteiger partial charge in [-0.3, -0.25) is 19.3 Å². The van der Waals surface area contributed by atoms with E-state index in [0.717, 1.165) is 85.1 Å². The first-order chi connectivity index (χ1) is 26.2. The molecule has 0 unspecified atom stereocenters. The van der Waals surface area contributed by atoms with Gasteiger partial charge in [-0.25, -0.2) is 19.2 Å². The van der Waals surface area contributed by atoms with E-state index < -0.39 is 5.67 Å². The third-order valence-electron chi connectivity index (χ3n) is 11.4. The molecule has 284 valence electrons. The average Bonchev–Trinajstić information content (AvgIpc) is 3.66. The number of piperidine rings is 2. The van der Waals surface area contributed by atoms with E-state index >= 15 is 4.39 Å². The van der Waals surface area contributed by atoms with Gasteiger partial charge in [-0.05, 0) is 79.8 Å². The second kappa shape index (κ2) is 15.3. The number of nitrogens with one attached hydrogen (secondary N) is 2. The molecule has 2 aromatic heterocycles. The minimum atomic E-state index is -1.23. The Morgan fingerprint density at radius 2 is 1.80 bits per heavy atom. The molecule has 0 atom stereocenters. The lowest BCUT2D eigenvalue weighted by atomic mass is 9.91. The summed E-state index contributed by atoms with van der Waals surface area (Å²) in [6, 6.07) is 13.4. The Kier molecular flexibility index (Phi) is 10.2. The van der Waals surface area contributed by atoms with Crippen molar-refractivity contribution in [1.82, 2.24) is 34.9 Å². The van der Waals surface area contributed by atoms with E-state index in [-0.39, 0.29) is 30.9 Å². The zero-order valence-corrected chi connectivity index (χ0v) is 31.1. The molecule has 14 heteroatoms. The number of amides is 3. The first kappa shape index (κ1) is 35.9. The number of hydrogen-bond donors (Lipinski definition) is 2. The lowest BCUT2D eigenvalue weighted by Gasteiger charge is -2.42. The smallest absolute Gasteiger partial charge is 0.331 e. The van der Waals surface area contributed by atoms with Crippen molar-refractivity contribution in [3.8, 4) is 5.75 Å². The Bertz CT molecular complexity index is 1970. The minimum absolute atomic E-state index is 0.177. The fourth-order valence-electron chi connectivity index (χ4n) is 8.21. The molecule has 0 saturated carbocycles. The van der Waals surface area contributed by atoms with Crippen LogP contribution in [0.4, 0.5) is 32.2 Å². The third kappa shape index (κ3) is 7.76. The molecule has 2 N–H and O–H groups in total. The summed E-state index contributed by atoms with van der Waals surface area (Å²) in [6.45, 7) is 7.64. The van der Waals surface area contributed by atoms with E-state index in [1.54, 1.807) is 12.0 Å². The number of rotatable bonds is 10. The van der Waals surface area contributed by atoms with Gasteiger partial charge in [0.2, 0.25) is 11.9 Å². The van der Waals surface area contributed by atoms with Gasteiger partial charge in [-0.15, -0.1) is 0 Å². The highest BCUT2D eigenvalue weighted by Crippen LogP contribution is 2.35. The van der Waals surface area contributed by atoms with Crippen LogP contribution in [0.1, 0.15) is 60.5 Å². The summed E-state index contributed by atoms with van der Waals surface area (Å²) < 4.78 is 23.5. The standard InChI is InChI=1S/C40H49FN10O3/c1-28-21-33(5-8-36(28)49-18-12-37(52)50(39(49)53)25-29-3-6-34(54-2)7-4-29)48-19-13-40(41,14-20-48)27-47-16-10-32(11-17-47)51-26-31(23-44-51)45-38-43-22-30-9-15-42-24-35(30)46-38/h3-8,21-23,26,32,42H,9-20,24-25,27H2,1-2H3,(H,43,45,46). The summed E-state index contributed by atoms with van der Waals surface area (Å²) in [5.41, 5.74) is 5.50. The first-order valence-electron chi connectivity index (χ1n) is 19.1. The number of imide groups is 1. The van der Waals surface area contributed by atoms with E-state index in [2.05, 4.69) is 41.6 Å². The van der Waals surface area contributed by atoms with E-state index in [0.29, 0.717) is 45.0 Å². The normalized spacial score (nSPS) is 19.6. The second-order valence-corrected chi connectivity index (χ2v) is 15.1. The highest BCUT2D eigenvalue weighted by Gasteiger charge is 2.38. The van der Waals surface area contributed by atoms with Crippen LogP contribution in [-0.2, 0) is 24.3 Å². The van der Waals surface area contributed by atoms with Crippen LogP contribution in [0.2, 0.25) is 0 Å². The summed E-state index contributed by atoms with van der Waals surface area (Å²) >= 11 is 0. The number of benzene rings is 2. The monoisotopic (exact) mass is 736 g/mol. The van der Waals surface area contributed by atoms with Crippen LogP contribution < -0.4 is 25.2 Å². The summed E-state index contributed by atoms with van der Waals surface area (Å²) in [7, 11) is 1.60. The average molecular weight is 737 g/mol. The number of ether oxygens (including phenoxy) is 1. The zero-order valence-electron chi connectivity index (χ0n) is 31.1. The number of hydrogen-bond acceptors (Lipinski definition) is 10. The minimum Gasteiger partial charge on any atom is -0.497 e. The van der Waals surface area contributed by atoms with Gasteiger partial charge >= 0.3 is 6.03 Å². The van der Waals surface area contributed by atoms with Gasteiger partial charge < -0.3 is 25.2 Å². The van der Waals surface area contributed by atoms with E-state index in [1.807, 2.05) is 66.6 Å². The maximum atomic E-state index is 16.3. The molecule has 3 saturated heterocycles. The van der Waals surface area contributed by atoms with E-state index in [9.17, 15) is 9.59 Å². The molecule has 0 radical (unpaired) electrons. The summed E-state index contributed by atoms with van der Waals surface area (Å²) in [5.74, 6) is 1.13. The van der Waals surface area contributed by atoms with Crippen LogP contribution in [0.5, 0.6) is 5.75 Å². The number of methoxy groups -OCH3 is 1. The van der Waals surface area contributed by atoms with Crippen LogP contribution in [-0.4, -0.2) is 100 Å². The van der Waals surface area contributed by atoms with Crippen molar-refractivity contribution in [3.63, 3.8) is 0 Å². The van der Waals surface area contributed by atoms with Crippen LogP contribution >= 0.6 is 0 Å². The molecular formula is C40H49FN10O3. The molecule has 3 fully saturated rings. The van der Waals surface area contributed by atoms with Gasteiger partial charge in [0.05, 0.1) is 37.3 Å². The molecule has 0 spiro atoms. The number of aryl methyl sites for hydroxylation is 1. The number of fused-ring (bicyclic) bond motifs is 1. The first-order valence-corrected chi connectivity index (χ1v) is 19.1. The van der Waals surface area contributed by atoms with Gasteiger partial charge in [-0.1, -0.05) is 12.1 Å². The van der Waals surface area contributed by atoms with Gasteiger partial charge in [0, 0.05) is 88.8 Å². The molecule has 4 aliphatic heterocycles. The molecule has 0 aliphatic carbocycles. The van der Waals surface area contributed by atoms with Gasteiger partial charge in [0.1, 0.15) is 11.4 Å². The molecule has 4 aromatic rings. The zero-order chi connectivity index (χ0) is 37.2. The molecule has 2 aromatic carbocycles. The van der Waals surface area contributed by atoms with Crippen LogP contribution in [0.3, 0.4) is 0 Å². The number of anilines is 4. The topological polar surface area (TPSA) is 124 Å². The molecule has 13 nitrogen and oxygen atoms in total. The Balaban J connectivity index is 0.815. The van der Waals surface area contributed by atoms with Crippen molar-refractivity contribution in [3.05, 3.63) is 83.4 Å². The highest BCUT2D eigenvalue weighted by molar-refractivity contribution is 6.06. The molecule has 8 rings (SSSR count). The summed E-state index contributed by atoms with van der Waals surface area (Å²) in [5, 5.41) is 11.3. The van der Waals surface area contributed by atoms with Crippen molar-refractivity contribution >= 4 is 34.9 Å². The molecule has 0 bridgehead atoms. The Morgan fingerprint density at radius 1 is 1.00 bits per heavy atom. The van der Waals surface area contributed by atoms with Crippen molar-refractivity contribution in [2.45, 2.75) is 70.2 Å². The molecular weight excluding hydrogens is 688 g/mol. The van der Waals surface area contributed by atoms with Crippen LogP contribution in [0.15, 0.2) is 61.1 Å². The fourth-order valence-corrected chi connectivity index (χ4v) is 8.21. The number of aromatic nitrogens is 4. The SMILES string of the molecule is COc1ccc(CN2C(=O)CCN(c3ccc(N4CCC(F)(CN5CCC(n6cc(Nc7ncc8c(n7)CNCC8)cn6)CC5)CC4)cc3C)C2=O)cc1. The number of halogens is 1. The number of carbonyl (C=O) groups is 2. The molecule has 4 aliphatic rings. The van der Waals surface area contributed by atoms with Gasteiger partial charge in [-0.2, -0.15) is 5.10 Å². The molecule has 54 heavy (non-hydrogen) atoms. The molecule has 6 heterocycles. The fraction of sp³-hybridized carbons (Fsp3) is 0.475. The summed E-state index contributed by atoms with van der Waals surface area (Å²) in [6.07, 6.45) is 9.74. The third-order valence-corrected chi connectivity index (χ3v) is 11.4. The number of carbonyl (C=O) groups excluding carboxylic acids is 2. The predicted molar refractivity (Wildman–Crippen MR) is 205 cm³/mol. The highest BCUT2D eigenvalue weighted by atomic mass is 19.1. The van der Waals surface area contributed by atoms with Crippen LogP contribution in [0, 0.1) is 6.92 Å². The van der Waals surface area contributed by atoms with Crippen molar-refractivity contribution in [2.24, 2.45) is 0 Å². The quantitative estimate of drug-likeness (QED) is 0.219. The number of nitrogens with zero attached hydrogens (tertiary/aromatic N) is 8. The summed E-state index contributed by atoms with van der Waals surface area (Å²) in [4.78, 5) is 43.1. The van der Waals surface area contributed by atoms with Crippen molar-refractivity contribution in [2.75, 3.05) is 68.0 Å². The van der Waals surface area contributed by atoms with E-state index in [1.165, 1.54) is 10.5 Å². The molecule has 3 amide bonds. The Labute approximate surface area is 315 Å². The maximum absolute atomic E-state index is 16.3. The maximum Gasteiger partial charge on any atom is 0.331 e. The lowest BCUT2D eigenvalue weighted by Crippen LogP contribution is -2.52. The van der Waals surface area contributed by atoms with Crippen LogP contribution in [0.25, 0.3) is 0 Å². The number of urea groups is 1. The van der Waals surface area contributed by atoms with E-state index in [4.69, 9.17) is 4.74 Å². The van der Waals surface area contributed by atoms with Gasteiger partial charge in [0.25, 0.3) is 0 Å². The number of likely N-dealkylation sites (tertiary alicyclic amines) is 1. The predicted octanol–water partition coefficient (Wildman–Crippen LogP) is 5.38. The number of alkyl halides is 1. The van der Waals surface area contributed by atoms with Gasteiger partial charge in [0.15, 0.2) is 0 Å². The Morgan fingerprint density at radius 3 is 2.56 bits per heavy atom. The van der Waals surface area contributed by atoms with Crippen molar-refractivity contribution < 1.29 is 18.7 Å². The lowest BCUT2D eigenvalue weighted by molar-refractivity contribution is -0.129. The second-order valence-electron chi connectivity index (χ2n) is 15.1.